The lowest BCUT2D eigenvalue weighted by molar-refractivity contribution is 0.661. The first-order chi connectivity index (χ1) is 26.0. The summed E-state index contributed by atoms with van der Waals surface area (Å²) in [6, 6.07) is 61.7. The van der Waals surface area contributed by atoms with Crippen LogP contribution in [0.25, 0.3) is 61.4 Å². The van der Waals surface area contributed by atoms with Crippen LogP contribution in [0.4, 0.5) is 17.3 Å². The lowest BCUT2D eigenvalue weighted by Gasteiger charge is -2.24. The van der Waals surface area contributed by atoms with Crippen LogP contribution in [0.15, 0.2) is 176 Å². The average Bonchev–Trinajstić information content (AvgIpc) is 3.66. The fraction of sp³-hybridized carbons (Fsp3) is 0.0625. The number of rotatable bonds is 6. The first kappa shape index (κ1) is 30.9. The molecule has 1 aliphatic rings. The van der Waals surface area contributed by atoms with Crippen molar-refractivity contribution >= 4 is 39.1 Å². The van der Waals surface area contributed by atoms with Crippen LogP contribution < -0.4 is 4.90 Å². The van der Waals surface area contributed by atoms with Crippen LogP contribution in [0, 0.1) is 0 Å². The quantitative estimate of drug-likeness (QED) is 0.175. The Balaban J connectivity index is 1.14. The molecule has 0 radical (unpaired) electrons. The van der Waals surface area contributed by atoms with E-state index in [9.17, 15) is 0 Å². The van der Waals surface area contributed by atoms with E-state index in [0.29, 0.717) is 17.6 Å². The lowest BCUT2D eigenvalue weighted by Crippen LogP contribution is -2.15. The lowest BCUT2D eigenvalue weighted by atomic mass is 9.82. The first-order valence-corrected chi connectivity index (χ1v) is 18.0. The van der Waals surface area contributed by atoms with Crippen molar-refractivity contribution in [3.05, 3.63) is 187 Å². The maximum absolute atomic E-state index is 5.10. The fourth-order valence-corrected chi connectivity index (χ4v) is 8.05. The smallest absolute Gasteiger partial charge is 0.238 e. The van der Waals surface area contributed by atoms with Crippen LogP contribution in [0.5, 0.6) is 0 Å². The summed E-state index contributed by atoms with van der Waals surface area (Å²) in [5.41, 5.74) is 12.6. The monoisotopic (exact) mass is 681 g/mol. The summed E-state index contributed by atoms with van der Waals surface area (Å²) in [5.74, 6) is 1.79. The molecule has 1 aliphatic carbocycles. The van der Waals surface area contributed by atoms with Crippen LogP contribution >= 0.6 is 0 Å². The van der Waals surface area contributed by atoms with Crippen molar-refractivity contribution in [2.24, 2.45) is 0 Å². The van der Waals surface area contributed by atoms with Crippen molar-refractivity contribution in [2.45, 2.75) is 19.3 Å². The standard InChI is InChI=1S/C48H35N5/c1-48(2)41-24-14-12-22-37(41)39-30-40-38-23-13-15-25-43(38)53(44(40)31-42(39)48)36-28-26-35(27-29-36)52(34-20-10-5-11-21-34)47-50-45(32-16-6-3-7-17-32)49-46(51-47)33-18-8-4-9-19-33/h3-31H,1-2H3. The van der Waals surface area contributed by atoms with Gasteiger partial charge in [0.2, 0.25) is 5.95 Å². The third-order valence-electron chi connectivity index (χ3n) is 10.6. The second kappa shape index (κ2) is 12.1. The molecule has 2 aromatic heterocycles. The van der Waals surface area contributed by atoms with E-state index in [1.54, 1.807) is 0 Å². The Labute approximate surface area is 308 Å². The molecule has 0 spiro atoms. The molecule has 252 valence electrons. The number of hydrogen-bond donors (Lipinski definition) is 0. The average molecular weight is 682 g/mol. The molecule has 0 atom stereocenters. The molecular weight excluding hydrogens is 647 g/mol. The van der Waals surface area contributed by atoms with Gasteiger partial charge in [0, 0.05) is 44.4 Å². The van der Waals surface area contributed by atoms with Gasteiger partial charge in [-0.1, -0.05) is 135 Å². The summed E-state index contributed by atoms with van der Waals surface area (Å²) >= 11 is 0. The summed E-state index contributed by atoms with van der Waals surface area (Å²) in [7, 11) is 0. The molecule has 0 unspecified atom stereocenters. The molecule has 0 saturated heterocycles. The minimum atomic E-state index is -0.0941. The van der Waals surface area contributed by atoms with Gasteiger partial charge in [0.1, 0.15) is 0 Å². The molecule has 7 aromatic carbocycles. The highest BCUT2D eigenvalue weighted by Gasteiger charge is 2.36. The number of aromatic nitrogens is 4. The molecule has 5 nitrogen and oxygen atoms in total. The van der Waals surface area contributed by atoms with Crippen LogP contribution in [0.2, 0.25) is 0 Å². The van der Waals surface area contributed by atoms with Crippen LogP contribution in [-0.4, -0.2) is 19.5 Å². The van der Waals surface area contributed by atoms with E-state index in [1.165, 1.54) is 44.1 Å². The third kappa shape index (κ3) is 5.04. The molecule has 0 amide bonds. The van der Waals surface area contributed by atoms with Gasteiger partial charge in [-0.15, -0.1) is 0 Å². The topological polar surface area (TPSA) is 46.8 Å². The van der Waals surface area contributed by atoms with E-state index < -0.39 is 0 Å². The Morgan fingerprint density at radius 1 is 0.453 bits per heavy atom. The number of anilines is 3. The summed E-state index contributed by atoms with van der Waals surface area (Å²) in [5, 5.41) is 2.50. The van der Waals surface area contributed by atoms with Crippen molar-refractivity contribution in [1.82, 2.24) is 19.5 Å². The van der Waals surface area contributed by atoms with Gasteiger partial charge in [-0.05, 0) is 76.9 Å². The minimum Gasteiger partial charge on any atom is -0.309 e. The van der Waals surface area contributed by atoms with Gasteiger partial charge < -0.3 is 4.57 Å². The number of para-hydroxylation sites is 2. The summed E-state index contributed by atoms with van der Waals surface area (Å²) in [6.45, 7) is 4.69. The highest BCUT2D eigenvalue weighted by molar-refractivity contribution is 6.11. The molecule has 5 heteroatoms. The van der Waals surface area contributed by atoms with Crippen molar-refractivity contribution in [1.29, 1.82) is 0 Å². The van der Waals surface area contributed by atoms with E-state index in [-0.39, 0.29) is 5.41 Å². The van der Waals surface area contributed by atoms with Crippen molar-refractivity contribution < 1.29 is 0 Å². The zero-order chi connectivity index (χ0) is 35.5. The number of fused-ring (bicyclic) bond motifs is 6. The minimum absolute atomic E-state index is 0.0941. The largest absolute Gasteiger partial charge is 0.309 e. The van der Waals surface area contributed by atoms with Gasteiger partial charge in [-0.3, -0.25) is 4.90 Å². The maximum atomic E-state index is 5.10. The predicted octanol–water partition coefficient (Wildman–Crippen LogP) is 12.1. The molecule has 53 heavy (non-hydrogen) atoms. The van der Waals surface area contributed by atoms with E-state index in [1.807, 2.05) is 78.9 Å². The molecule has 0 saturated carbocycles. The Hall–Kier alpha value is -6.85. The van der Waals surface area contributed by atoms with Crippen molar-refractivity contribution in [2.75, 3.05) is 4.90 Å². The molecule has 2 heterocycles. The molecule has 0 aliphatic heterocycles. The fourth-order valence-electron chi connectivity index (χ4n) is 8.05. The highest BCUT2D eigenvalue weighted by atomic mass is 15.3. The SMILES string of the molecule is CC1(C)c2ccccc2-c2cc3c4ccccc4n(-c4ccc(N(c5ccccc5)c5nc(-c6ccccc6)nc(-c6ccccc6)n5)cc4)c3cc21. The van der Waals surface area contributed by atoms with Crippen LogP contribution in [-0.2, 0) is 5.41 Å². The Bertz CT molecular complexity index is 2730. The van der Waals surface area contributed by atoms with Gasteiger partial charge >= 0.3 is 0 Å². The van der Waals surface area contributed by atoms with Gasteiger partial charge in [-0.2, -0.15) is 9.97 Å². The number of nitrogens with zero attached hydrogens (tertiary/aromatic N) is 5. The predicted molar refractivity (Wildman–Crippen MR) is 217 cm³/mol. The van der Waals surface area contributed by atoms with Crippen molar-refractivity contribution in [3.8, 4) is 39.6 Å². The van der Waals surface area contributed by atoms with Gasteiger partial charge in [-0.25, -0.2) is 4.98 Å². The zero-order valence-electron chi connectivity index (χ0n) is 29.5. The normalized spacial score (nSPS) is 12.9. The summed E-state index contributed by atoms with van der Waals surface area (Å²) in [6.07, 6.45) is 0. The van der Waals surface area contributed by atoms with E-state index in [0.717, 1.165) is 28.2 Å². The van der Waals surface area contributed by atoms with E-state index in [4.69, 9.17) is 15.0 Å². The van der Waals surface area contributed by atoms with E-state index >= 15 is 0 Å². The Morgan fingerprint density at radius 3 is 1.70 bits per heavy atom. The summed E-state index contributed by atoms with van der Waals surface area (Å²) < 4.78 is 2.41. The molecule has 9 aromatic rings. The van der Waals surface area contributed by atoms with E-state index in [2.05, 4.69) is 120 Å². The van der Waals surface area contributed by atoms with Gasteiger partial charge in [0.25, 0.3) is 0 Å². The molecular formula is C48H35N5. The zero-order valence-corrected chi connectivity index (χ0v) is 29.5. The number of benzene rings is 7. The Morgan fingerprint density at radius 2 is 1.02 bits per heavy atom. The Kier molecular flexibility index (Phi) is 7.08. The second-order valence-corrected chi connectivity index (χ2v) is 14.1. The molecule has 10 rings (SSSR count). The highest BCUT2D eigenvalue weighted by Crippen LogP contribution is 2.51. The molecule has 0 bridgehead atoms. The molecule has 0 N–H and O–H groups in total. The van der Waals surface area contributed by atoms with Crippen LogP contribution in [0.1, 0.15) is 25.0 Å². The van der Waals surface area contributed by atoms with Gasteiger partial charge in [0.05, 0.1) is 11.0 Å². The maximum Gasteiger partial charge on any atom is 0.238 e. The van der Waals surface area contributed by atoms with Crippen LogP contribution in [0.3, 0.4) is 0 Å². The number of hydrogen-bond acceptors (Lipinski definition) is 4. The second-order valence-electron chi connectivity index (χ2n) is 14.1. The summed E-state index contributed by atoms with van der Waals surface area (Å²) in [4.78, 5) is 17.3. The molecule has 0 fully saturated rings. The third-order valence-corrected chi connectivity index (χ3v) is 10.6. The van der Waals surface area contributed by atoms with Crippen molar-refractivity contribution in [3.63, 3.8) is 0 Å². The first-order valence-electron chi connectivity index (χ1n) is 18.0. The van der Waals surface area contributed by atoms with Gasteiger partial charge in [0.15, 0.2) is 11.6 Å².